The van der Waals surface area contributed by atoms with Crippen LogP contribution in [-0.2, 0) is 35.5 Å². The number of amides is 2. The number of rotatable bonds is 20. The zero-order valence-corrected chi connectivity index (χ0v) is 54.4. The van der Waals surface area contributed by atoms with Crippen LogP contribution in [0.2, 0.25) is 10.0 Å². The summed E-state index contributed by atoms with van der Waals surface area (Å²) in [6, 6.07) is 34.4. The van der Waals surface area contributed by atoms with Crippen LogP contribution >= 0.6 is 23.2 Å². The van der Waals surface area contributed by atoms with Crippen LogP contribution in [0.1, 0.15) is 152 Å². The highest BCUT2D eigenvalue weighted by atomic mass is 35.5. The van der Waals surface area contributed by atoms with Crippen molar-refractivity contribution in [3.8, 4) is 0 Å². The predicted molar refractivity (Wildman–Crippen MR) is 356 cm³/mol. The normalized spacial score (nSPS) is 23.2. The van der Waals surface area contributed by atoms with Gasteiger partial charge in [0.05, 0.1) is 12.1 Å². The molecule has 2 N–H and O–H groups in total. The Labute approximate surface area is 539 Å². The molecule has 0 spiro atoms. The molecule has 2 atom stereocenters. The van der Waals surface area contributed by atoms with Crippen LogP contribution in [-0.4, -0.2) is 128 Å². The van der Waals surface area contributed by atoms with E-state index in [9.17, 15) is 14.0 Å². The molecule has 478 valence electrons. The summed E-state index contributed by atoms with van der Waals surface area (Å²) in [6.45, 7) is 5.01. The highest BCUT2D eigenvalue weighted by molar-refractivity contribution is 6.30. The number of carbonyl (C=O) groups is 2. The van der Waals surface area contributed by atoms with Crippen LogP contribution < -0.4 is 20.4 Å². The fourth-order valence-corrected chi connectivity index (χ4v) is 16.9. The first-order valence-corrected chi connectivity index (χ1v) is 34.6. The van der Waals surface area contributed by atoms with Gasteiger partial charge in [0.1, 0.15) is 31.1 Å². The molecule has 4 heterocycles. The number of nitrogens with zero attached hydrogens (tertiary/aromatic N) is 10. The molecule has 2 aliphatic heterocycles. The van der Waals surface area contributed by atoms with Gasteiger partial charge in [0.2, 0.25) is 11.8 Å². The molecular weight excluding hydrogens is 1150 g/mol. The molecule has 4 aromatic carbocycles. The van der Waals surface area contributed by atoms with E-state index in [0.717, 1.165) is 138 Å². The zero-order valence-electron chi connectivity index (χ0n) is 52.9. The lowest BCUT2D eigenvalue weighted by Crippen LogP contribution is -2.56. The van der Waals surface area contributed by atoms with Crippen molar-refractivity contribution in [3.05, 3.63) is 155 Å². The van der Waals surface area contributed by atoms with Gasteiger partial charge >= 0.3 is 0 Å². The Balaban J connectivity index is 0.000000184. The Bertz CT molecular complexity index is 3060. The van der Waals surface area contributed by atoms with Gasteiger partial charge in [-0.05, 0) is 210 Å². The summed E-state index contributed by atoms with van der Waals surface area (Å²) < 4.78 is 17.5. The number of halogens is 3. The van der Waals surface area contributed by atoms with E-state index in [0.29, 0.717) is 47.8 Å². The van der Waals surface area contributed by atoms with Crippen molar-refractivity contribution < 1.29 is 14.0 Å². The average molecular weight is 1250 g/mol. The zero-order chi connectivity index (χ0) is 61.6. The van der Waals surface area contributed by atoms with Gasteiger partial charge in [0, 0.05) is 99.0 Å². The number of likely N-dealkylation sites (tertiary alicyclic amines) is 2. The van der Waals surface area contributed by atoms with Crippen LogP contribution in [0.15, 0.2) is 128 Å². The molecule has 4 aliphatic carbocycles. The topological polar surface area (TPSA) is 133 Å². The summed E-state index contributed by atoms with van der Waals surface area (Å²) >= 11 is 12.4. The lowest BCUT2D eigenvalue weighted by molar-refractivity contribution is -0.138. The highest BCUT2D eigenvalue weighted by Crippen LogP contribution is 2.49. The molecule has 6 fully saturated rings. The fourth-order valence-electron chi connectivity index (χ4n) is 16.6. The van der Waals surface area contributed by atoms with Crippen molar-refractivity contribution in [1.82, 2.24) is 50.0 Å². The second kappa shape index (κ2) is 31.0. The molecule has 2 aromatic heterocycles. The molecule has 0 unspecified atom stereocenters. The Hall–Kier alpha value is -5.87. The molecule has 2 amide bonds. The van der Waals surface area contributed by atoms with Crippen molar-refractivity contribution in [2.75, 3.05) is 50.1 Å². The predicted octanol–water partition coefficient (Wildman–Crippen LogP) is 13.7. The van der Waals surface area contributed by atoms with Crippen molar-refractivity contribution in [2.24, 2.45) is 22.7 Å². The van der Waals surface area contributed by atoms with Crippen LogP contribution in [0.25, 0.3) is 0 Å². The summed E-state index contributed by atoms with van der Waals surface area (Å²) in [4.78, 5) is 46.0. The van der Waals surface area contributed by atoms with Crippen molar-refractivity contribution >= 4 is 46.4 Å². The number of carbonyl (C=O) groups excluding carboxylic acids is 2. The van der Waals surface area contributed by atoms with Gasteiger partial charge in [-0.3, -0.25) is 19.0 Å². The number of para-hydroxylation sites is 1. The van der Waals surface area contributed by atoms with Crippen LogP contribution in [0.3, 0.4) is 0 Å². The first kappa shape index (κ1) is 64.7. The maximum atomic E-state index is 14.3. The van der Waals surface area contributed by atoms with Gasteiger partial charge in [-0.15, -0.1) is 0 Å². The molecule has 89 heavy (non-hydrogen) atoms. The summed E-state index contributed by atoms with van der Waals surface area (Å²) in [5.74, 6) is 1.64. The number of hydrogen-bond acceptors (Lipinski definition) is 10. The Kier molecular flexibility index (Phi) is 22.5. The lowest BCUT2D eigenvalue weighted by atomic mass is 9.63. The summed E-state index contributed by atoms with van der Waals surface area (Å²) in [7, 11) is 4.32. The van der Waals surface area contributed by atoms with Gasteiger partial charge in [-0.2, -0.15) is 10.2 Å². The maximum Gasteiger partial charge on any atom is 0.240 e. The molecule has 6 aromatic rings. The lowest BCUT2D eigenvalue weighted by Gasteiger charge is -2.48. The van der Waals surface area contributed by atoms with Crippen LogP contribution in [0.4, 0.5) is 15.8 Å². The van der Waals surface area contributed by atoms with Crippen LogP contribution in [0, 0.1) is 28.5 Å². The first-order chi connectivity index (χ1) is 43.4. The molecule has 0 bridgehead atoms. The number of benzene rings is 4. The summed E-state index contributed by atoms with van der Waals surface area (Å²) in [6.07, 6.45) is 34.0. The van der Waals surface area contributed by atoms with E-state index in [1.165, 1.54) is 82.0 Å². The minimum Gasteiger partial charge on any atom is -0.372 e. The number of aromatic nitrogens is 6. The van der Waals surface area contributed by atoms with E-state index in [1.54, 1.807) is 12.7 Å². The molecule has 2 saturated heterocycles. The molecular formula is C72H97Cl2FN12O2. The number of nitrogens with one attached hydrogen (secondary N) is 2. The van der Waals surface area contributed by atoms with Crippen molar-refractivity contribution in [2.45, 2.75) is 203 Å². The van der Waals surface area contributed by atoms with E-state index in [4.69, 9.17) is 23.2 Å². The number of hydrogen-bond donors (Lipinski definition) is 2. The van der Waals surface area contributed by atoms with E-state index in [-0.39, 0.29) is 46.6 Å². The second-order valence-electron chi connectivity index (χ2n) is 27.4. The Morgan fingerprint density at radius 2 is 0.899 bits per heavy atom. The molecule has 14 nitrogen and oxygen atoms in total. The van der Waals surface area contributed by atoms with E-state index in [2.05, 4.69) is 107 Å². The minimum atomic E-state index is -0.278. The quantitative estimate of drug-likeness (QED) is 0.0761. The average Bonchev–Trinajstić information content (AvgIpc) is 2.88. The SMILES string of the molecule is CN(c1ccc(F)cc1)C1CCC(N[C@H](Cc2ccc(Cl)cc2)C(=O)N2CCC(Cn3cncn3)(C3CCCCC3)CC2)CC1.CN(c1ccccc1)C1CCC(N[C@H](Cc2ccc(Cl)cc2)C(=O)N2CCC(Cn3cncn3)(C3CCCCC3)CC2)CC1. The summed E-state index contributed by atoms with van der Waals surface area (Å²) in [5.41, 5.74) is 4.94. The first-order valence-electron chi connectivity index (χ1n) is 33.9. The van der Waals surface area contributed by atoms with Gasteiger partial charge in [-0.1, -0.05) is 104 Å². The number of anilines is 2. The minimum absolute atomic E-state index is 0.166. The van der Waals surface area contributed by atoms with E-state index < -0.39 is 0 Å². The van der Waals surface area contributed by atoms with Gasteiger partial charge in [-0.25, -0.2) is 14.4 Å². The third-order valence-corrected chi connectivity index (χ3v) is 22.5. The van der Waals surface area contributed by atoms with Crippen molar-refractivity contribution in [3.63, 3.8) is 0 Å². The van der Waals surface area contributed by atoms with Crippen molar-refractivity contribution in [1.29, 1.82) is 0 Å². The third kappa shape index (κ3) is 17.0. The van der Waals surface area contributed by atoms with Gasteiger partial charge in [0.15, 0.2) is 0 Å². The monoisotopic (exact) mass is 1250 g/mol. The standard InChI is InChI=1S/C36H48ClFN6O.C36H49ClN6O/c1-42(32-15-11-30(38)12-16-32)33-17-13-31(14-18-33)41-34(23-27-7-9-29(37)10-8-27)35(45)43-21-19-36(20-22-43,24-44-26-39-25-40-44)28-5-3-2-4-6-28;1-41(32-10-6-3-7-11-32)33-18-16-31(17-19-33)40-34(24-28-12-14-30(37)15-13-28)35(44)42-22-20-36(21-23-42,25-43-27-38-26-39-43)29-8-4-2-5-9-29/h7-12,15-16,25-26,28,31,33-34,41H,2-6,13-14,17-24H2,1H3;3,6-7,10-15,26-27,29,31,33-34,40H,2,4-5,8-9,16-25H2,1H3/t2*31?,33?,34-/m11/s1. The smallest absolute Gasteiger partial charge is 0.240 e. The Morgan fingerprint density at radius 3 is 1.27 bits per heavy atom. The molecule has 17 heteroatoms. The Morgan fingerprint density at radius 1 is 0.517 bits per heavy atom. The highest BCUT2D eigenvalue weighted by Gasteiger charge is 2.46. The molecule has 6 aliphatic rings. The maximum absolute atomic E-state index is 14.3. The molecule has 4 saturated carbocycles. The fraction of sp³-hybridized carbons (Fsp3) is 0.583. The van der Waals surface area contributed by atoms with E-state index >= 15 is 0 Å². The third-order valence-electron chi connectivity index (χ3n) is 22.0. The van der Waals surface area contributed by atoms with Gasteiger partial charge < -0.3 is 30.2 Å². The second-order valence-corrected chi connectivity index (χ2v) is 28.2. The molecule has 0 radical (unpaired) electrons. The van der Waals surface area contributed by atoms with E-state index in [1.807, 2.05) is 70.5 Å². The van der Waals surface area contributed by atoms with Gasteiger partial charge in [0.25, 0.3) is 0 Å². The largest absolute Gasteiger partial charge is 0.372 e. The summed E-state index contributed by atoms with van der Waals surface area (Å²) in [5, 5.41) is 18.1. The van der Waals surface area contributed by atoms with Crippen LogP contribution in [0.5, 0.6) is 0 Å². The molecule has 12 rings (SSSR count). The number of piperidine rings is 2.